The molecule has 3 unspecified atom stereocenters. The van der Waals surface area contributed by atoms with E-state index in [1.54, 1.807) is 0 Å². The molecule has 0 aromatic heterocycles. The van der Waals surface area contributed by atoms with Crippen LogP contribution in [-0.4, -0.2) is 25.3 Å². The lowest BCUT2D eigenvalue weighted by Gasteiger charge is -2.38. The molecular weight excluding hydrogens is 234 g/mol. The Bertz CT molecular complexity index is 248. The first-order chi connectivity index (χ1) is 9.26. The minimum Gasteiger partial charge on any atom is -0.378 e. The molecule has 112 valence electrons. The van der Waals surface area contributed by atoms with Crippen molar-refractivity contribution in [1.29, 1.82) is 0 Å². The third-order valence-electron chi connectivity index (χ3n) is 5.32. The Morgan fingerprint density at radius 1 is 1.11 bits per heavy atom. The molecule has 0 aromatic rings. The highest BCUT2D eigenvalue weighted by Gasteiger charge is 2.38. The van der Waals surface area contributed by atoms with Gasteiger partial charge in [0.1, 0.15) is 0 Å². The van der Waals surface area contributed by atoms with Crippen molar-refractivity contribution in [3.8, 4) is 0 Å². The van der Waals surface area contributed by atoms with Gasteiger partial charge in [0.2, 0.25) is 0 Å². The van der Waals surface area contributed by atoms with Crippen LogP contribution in [0, 0.1) is 17.8 Å². The number of rotatable bonds is 6. The lowest BCUT2D eigenvalue weighted by atomic mass is 9.73. The highest BCUT2D eigenvalue weighted by Crippen LogP contribution is 2.37. The minimum atomic E-state index is 0.508. The molecule has 0 amide bonds. The van der Waals surface area contributed by atoms with E-state index >= 15 is 0 Å². The monoisotopic (exact) mass is 267 g/mol. The number of nitrogens with one attached hydrogen (secondary N) is 1. The predicted molar refractivity (Wildman–Crippen MR) is 81.3 cm³/mol. The van der Waals surface area contributed by atoms with Gasteiger partial charge in [-0.3, -0.25) is 0 Å². The van der Waals surface area contributed by atoms with Crippen LogP contribution in [0.2, 0.25) is 0 Å². The van der Waals surface area contributed by atoms with E-state index < -0.39 is 0 Å². The molecule has 0 radical (unpaired) electrons. The third-order valence-corrected chi connectivity index (χ3v) is 5.32. The molecule has 1 saturated carbocycles. The van der Waals surface area contributed by atoms with Crippen LogP contribution in [0.3, 0.4) is 0 Å². The number of ether oxygens (including phenoxy) is 1. The number of hydrogen-bond acceptors (Lipinski definition) is 2. The molecule has 1 heterocycles. The molecule has 19 heavy (non-hydrogen) atoms. The topological polar surface area (TPSA) is 21.3 Å². The summed E-state index contributed by atoms with van der Waals surface area (Å²) in [6.45, 7) is 9.12. The molecule has 1 saturated heterocycles. The van der Waals surface area contributed by atoms with Crippen molar-refractivity contribution in [2.45, 2.75) is 77.9 Å². The van der Waals surface area contributed by atoms with Crippen molar-refractivity contribution in [3.63, 3.8) is 0 Å². The zero-order valence-electron chi connectivity index (χ0n) is 13.2. The molecule has 2 fully saturated rings. The maximum Gasteiger partial charge on any atom is 0.0616 e. The van der Waals surface area contributed by atoms with Crippen LogP contribution in [0.5, 0.6) is 0 Å². The van der Waals surface area contributed by atoms with Gasteiger partial charge in [-0.1, -0.05) is 33.6 Å². The largest absolute Gasteiger partial charge is 0.378 e. The van der Waals surface area contributed by atoms with Gasteiger partial charge in [0.05, 0.1) is 6.10 Å². The van der Waals surface area contributed by atoms with Crippen LogP contribution in [0.25, 0.3) is 0 Å². The lowest BCUT2D eigenvalue weighted by molar-refractivity contribution is 0.0630. The van der Waals surface area contributed by atoms with Crippen LogP contribution in [0.15, 0.2) is 0 Å². The Hall–Kier alpha value is -0.0800. The van der Waals surface area contributed by atoms with Gasteiger partial charge in [0.25, 0.3) is 0 Å². The fraction of sp³-hybridized carbons (Fsp3) is 1.00. The van der Waals surface area contributed by atoms with Crippen molar-refractivity contribution >= 4 is 0 Å². The summed E-state index contributed by atoms with van der Waals surface area (Å²) >= 11 is 0. The van der Waals surface area contributed by atoms with Crippen LogP contribution in [0.4, 0.5) is 0 Å². The summed E-state index contributed by atoms with van der Waals surface area (Å²) in [5.74, 6) is 2.60. The highest BCUT2D eigenvalue weighted by molar-refractivity contribution is 4.91. The average Bonchev–Trinajstić information content (AvgIpc) is 2.89. The van der Waals surface area contributed by atoms with Gasteiger partial charge >= 0.3 is 0 Å². The van der Waals surface area contributed by atoms with Crippen molar-refractivity contribution < 1.29 is 4.74 Å². The molecule has 0 aromatic carbocycles. The predicted octanol–water partition coefficient (Wildman–Crippen LogP) is 4.00. The van der Waals surface area contributed by atoms with Crippen LogP contribution >= 0.6 is 0 Å². The standard InChI is InChI=1S/C17H33NO/c1-4-11-18-17(14-8-6-13(3)7-9-14)15-10-12-19-16(15)5-2/h13-18H,4-12H2,1-3H3. The maximum absolute atomic E-state index is 5.95. The van der Waals surface area contributed by atoms with Crippen LogP contribution in [-0.2, 0) is 4.74 Å². The van der Waals surface area contributed by atoms with Gasteiger partial charge in [-0.15, -0.1) is 0 Å². The highest BCUT2D eigenvalue weighted by atomic mass is 16.5. The van der Waals surface area contributed by atoms with E-state index in [0.29, 0.717) is 12.1 Å². The summed E-state index contributed by atoms with van der Waals surface area (Å²) in [5.41, 5.74) is 0. The Morgan fingerprint density at radius 2 is 1.84 bits per heavy atom. The second kappa shape index (κ2) is 7.64. The first kappa shape index (κ1) is 15.3. The molecule has 2 aliphatic rings. The van der Waals surface area contributed by atoms with E-state index in [1.165, 1.54) is 51.5 Å². The van der Waals surface area contributed by atoms with Crippen molar-refractivity contribution in [3.05, 3.63) is 0 Å². The molecule has 2 nitrogen and oxygen atoms in total. The normalized spacial score (nSPS) is 37.4. The second-order valence-electron chi connectivity index (χ2n) is 6.77. The zero-order valence-corrected chi connectivity index (χ0v) is 13.2. The van der Waals surface area contributed by atoms with Gasteiger partial charge in [-0.25, -0.2) is 0 Å². The molecule has 1 N–H and O–H groups in total. The summed E-state index contributed by atoms with van der Waals surface area (Å²) in [7, 11) is 0. The lowest BCUT2D eigenvalue weighted by Crippen LogP contribution is -2.46. The summed E-state index contributed by atoms with van der Waals surface area (Å²) in [6.07, 6.45) is 9.91. The number of hydrogen-bond donors (Lipinski definition) is 1. The molecular formula is C17H33NO. The van der Waals surface area contributed by atoms with E-state index in [9.17, 15) is 0 Å². The smallest absolute Gasteiger partial charge is 0.0616 e. The van der Waals surface area contributed by atoms with Gasteiger partial charge in [0, 0.05) is 18.6 Å². The van der Waals surface area contributed by atoms with Gasteiger partial charge in [-0.2, -0.15) is 0 Å². The third kappa shape index (κ3) is 3.95. The SMILES string of the molecule is CCCNC(C1CCC(C)CC1)C1CCOC1CC. The molecule has 2 rings (SSSR count). The molecule has 1 aliphatic heterocycles. The quantitative estimate of drug-likeness (QED) is 0.785. The van der Waals surface area contributed by atoms with E-state index in [1.807, 2.05) is 0 Å². The zero-order chi connectivity index (χ0) is 13.7. The Balaban J connectivity index is 1.98. The molecule has 3 atom stereocenters. The van der Waals surface area contributed by atoms with E-state index in [2.05, 4.69) is 26.1 Å². The molecule has 0 spiro atoms. The van der Waals surface area contributed by atoms with Crippen molar-refractivity contribution in [2.24, 2.45) is 17.8 Å². The summed E-state index contributed by atoms with van der Waals surface area (Å²) in [5, 5.41) is 3.88. The second-order valence-corrected chi connectivity index (χ2v) is 6.77. The maximum atomic E-state index is 5.95. The molecule has 2 heteroatoms. The van der Waals surface area contributed by atoms with Gasteiger partial charge in [0.15, 0.2) is 0 Å². The average molecular weight is 267 g/mol. The summed E-state index contributed by atoms with van der Waals surface area (Å²) < 4.78 is 5.95. The molecule has 1 aliphatic carbocycles. The Labute approximate surface area is 119 Å². The van der Waals surface area contributed by atoms with Gasteiger partial charge in [-0.05, 0) is 50.5 Å². The van der Waals surface area contributed by atoms with Crippen LogP contribution < -0.4 is 5.32 Å². The van der Waals surface area contributed by atoms with Crippen molar-refractivity contribution in [2.75, 3.05) is 13.2 Å². The summed E-state index contributed by atoms with van der Waals surface area (Å²) in [6, 6.07) is 0.708. The molecule has 0 bridgehead atoms. The van der Waals surface area contributed by atoms with Crippen molar-refractivity contribution in [1.82, 2.24) is 5.32 Å². The first-order valence-corrected chi connectivity index (χ1v) is 8.61. The van der Waals surface area contributed by atoms with E-state index in [-0.39, 0.29) is 0 Å². The Kier molecular flexibility index (Phi) is 6.15. The van der Waals surface area contributed by atoms with Crippen LogP contribution in [0.1, 0.15) is 65.7 Å². The first-order valence-electron chi connectivity index (χ1n) is 8.61. The van der Waals surface area contributed by atoms with E-state index in [0.717, 1.165) is 24.4 Å². The van der Waals surface area contributed by atoms with E-state index in [4.69, 9.17) is 4.74 Å². The van der Waals surface area contributed by atoms with Gasteiger partial charge < -0.3 is 10.1 Å². The summed E-state index contributed by atoms with van der Waals surface area (Å²) in [4.78, 5) is 0. The fourth-order valence-electron chi connectivity index (χ4n) is 4.12. The Morgan fingerprint density at radius 3 is 2.47 bits per heavy atom. The minimum absolute atomic E-state index is 0.508. The fourth-order valence-corrected chi connectivity index (χ4v) is 4.12.